The summed E-state index contributed by atoms with van der Waals surface area (Å²) < 4.78 is 33.5. The molecular formula is C49H93O9P. The van der Waals surface area contributed by atoms with Gasteiger partial charge in [0.1, 0.15) is 12.2 Å². The maximum atomic E-state index is 12.7. The molecule has 0 bridgehead atoms. The van der Waals surface area contributed by atoms with Crippen molar-refractivity contribution in [2.45, 2.75) is 238 Å². The highest BCUT2D eigenvalue weighted by molar-refractivity contribution is 7.47. The second kappa shape index (κ2) is 46.2. The Bertz CT molecular complexity index is 1020. The Kier molecular flexibility index (Phi) is 45.2. The van der Waals surface area contributed by atoms with Gasteiger partial charge in [0.05, 0.1) is 26.4 Å². The maximum absolute atomic E-state index is 12.7. The van der Waals surface area contributed by atoms with E-state index in [0.717, 1.165) is 51.4 Å². The van der Waals surface area contributed by atoms with E-state index in [1.54, 1.807) is 0 Å². The van der Waals surface area contributed by atoms with Gasteiger partial charge >= 0.3 is 13.8 Å². The van der Waals surface area contributed by atoms with Crippen molar-refractivity contribution in [1.29, 1.82) is 0 Å². The number of hydrogen-bond donors (Lipinski definition) is 3. The van der Waals surface area contributed by atoms with Gasteiger partial charge in [0.15, 0.2) is 0 Å². The molecule has 3 N–H and O–H groups in total. The first kappa shape index (κ1) is 57.7. The van der Waals surface area contributed by atoms with Gasteiger partial charge in [-0.05, 0) is 70.6 Å². The summed E-state index contributed by atoms with van der Waals surface area (Å²) in [5, 5.41) is 18.4. The van der Waals surface area contributed by atoms with Crippen LogP contribution in [0.15, 0.2) is 36.5 Å². The Morgan fingerprint density at radius 1 is 0.525 bits per heavy atom. The van der Waals surface area contributed by atoms with Crippen molar-refractivity contribution in [3.05, 3.63) is 36.5 Å². The van der Waals surface area contributed by atoms with Crippen LogP contribution in [-0.4, -0.2) is 66.3 Å². The molecule has 0 aromatic rings. The number of ether oxygens (including phenoxy) is 2. The molecule has 0 aliphatic carbocycles. The fourth-order valence-electron chi connectivity index (χ4n) is 6.79. The summed E-state index contributed by atoms with van der Waals surface area (Å²) in [6.07, 6.45) is 51.0. The zero-order valence-electron chi connectivity index (χ0n) is 38.2. The lowest BCUT2D eigenvalue weighted by molar-refractivity contribution is -0.154. The summed E-state index contributed by atoms with van der Waals surface area (Å²) in [6, 6.07) is 0. The highest BCUT2D eigenvalue weighted by Crippen LogP contribution is 2.43. The first-order valence-corrected chi connectivity index (χ1v) is 26.0. The van der Waals surface area contributed by atoms with E-state index >= 15 is 0 Å². The Hall–Kier alpha value is -1.32. The van der Waals surface area contributed by atoms with E-state index < -0.39 is 33.2 Å². The lowest BCUT2D eigenvalue weighted by Crippen LogP contribution is -2.29. The number of allylic oxidation sites excluding steroid dienone is 6. The van der Waals surface area contributed by atoms with Crippen LogP contribution in [-0.2, 0) is 27.9 Å². The molecule has 0 saturated carbocycles. The van der Waals surface area contributed by atoms with Crippen LogP contribution in [0, 0.1) is 0 Å². The van der Waals surface area contributed by atoms with Gasteiger partial charge in [-0.3, -0.25) is 13.8 Å². The third-order valence-electron chi connectivity index (χ3n) is 10.5. The number of rotatable bonds is 47. The van der Waals surface area contributed by atoms with Crippen molar-refractivity contribution in [1.82, 2.24) is 0 Å². The smallest absolute Gasteiger partial charge is 0.457 e. The van der Waals surface area contributed by atoms with E-state index in [9.17, 15) is 19.4 Å². The van der Waals surface area contributed by atoms with Gasteiger partial charge in [-0.2, -0.15) is 0 Å². The first-order chi connectivity index (χ1) is 28.8. The molecular weight excluding hydrogens is 764 g/mol. The lowest BCUT2D eigenvalue weighted by atomic mass is 10.0. The minimum Gasteiger partial charge on any atom is -0.457 e. The molecule has 3 atom stereocenters. The van der Waals surface area contributed by atoms with Crippen molar-refractivity contribution in [2.75, 3.05) is 33.0 Å². The Morgan fingerprint density at radius 3 is 1.37 bits per heavy atom. The molecule has 0 amide bonds. The topological polar surface area (TPSA) is 132 Å². The molecule has 10 heteroatoms. The molecule has 0 spiro atoms. The number of esters is 1. The molecule has 9 nitrogen and oxygen atoms in total. The fourth-order valence-corrected chi connectivity index (χ4v) is 7.58. The predicted molar refractivity (Wildman–Crippen MR) is 247 cm³/mol. The van der Waals surface area contributed by atoms with Crippen molar-refractivity contribution in [2.24, 2.45) is 0 Å². The summed E-state index contributed by atoms with van der Waals surface area (Å²) in [6.45, 7) is 3.51. The molecule has 0 aliphatic heterocycles. The SMILES string of the molecule is CCCCCCC/C=C\C/C=C\CCCCCCCCCCCCCC(=O)OC(COCCCCCCCC/C=C\CCCCCCC)COP(=O)(O)OCC(O)CO. The summed E-state index contributed by atoms with van der Waals surface area (Å²) in [5.41, 5.74) is 0. The van der Waals surface area contributed by atoms with E-state index in [0.29, 0.717) is 6.61 Å². The van der Waals surface area contributed by atoms with Crippen LogP contribution in [0.25, 0.3) is 0 Å². The van der Waals surface area contributed by atoms with Crippen molar-refractivity contribution in [3.63, 3.8) is 0 Å². The second-order valence-corrected chi connectivity index (χ2v) is 17.9. The van der Waals surface area contributed by atoms with Gasteiger partial charge in [0, 0.05) is 13.0 Å². The van der Waals surface area contributed by atoms with Gasteiger partial charge in [0.25, 0.3) is 0 Å². The van der Waals surface area contributed by atoms with Crippen LogP contribution in [0.2, 0.25) is 0 Å². The third kappa shape index (κ3) is 46.0. The number of phosphoric acid groups is 1. The molecule has 0 aliphatic rings. The van der Waals surface area contributed by atoms with Crippen molar-refractivity contribution in [3.8, 4) is 0 Å². The van der Waals surface area contributed by atoms with Crippen LogP contribution >= 0.6 is 7.82 Å². The minimum absolute atomic E-state index is 0.0458. The molecule has 3 unspecified atom stereocenters. The van der Waals surface area contributed by atoms with Crippen LogP contribution in [0.5, 0.6) is 0 Å². The standard InChI is InChI=1S/C49H93O9P/c1-3-5-7-9-11-13-15-17-19-20-21-22-23-24-25-26-27-29-31-33-35-37-39-41-49(52)58-48(46-57-59(53,54)56-44-47(51)43-50)45-55-42-40-38-36-34-32-30-28-18-16-14-12-10-8-6-4-2/h15-18,20-21,47-48,50-51H,3-14,19,22-46H2,1-2H3,(H,53,54)/b17-15-,18-16-,21-20-. The molecule has 348 valence electrons. The van der Waals surface area contributed by atoms with Gasteiger partial charge in [-0.25, -0.2) is 4.57 Å². The summed E-state index contributed by atoms with van der Waals surface area (Å²) in [5.74, 6) is -0.385. The van der Waals surface area contributed by atoms with E-state index in [1.165, 1.54) is 154 Å². The quantitative estimate of drug-likeness (QED) is 0.0237. The lowest BCUT2D eigenvalue weighted by Gasteiger charge is -2.20. The maximum Gasteiger partial charge on any atom is 0.472 e. The van der Waals surface area contributed by atoms with Gasteiger partial charge in [-0.1, -0.05) is 185 Å². The molecule has 0 saturated heterocycles. The zero-order chi connectivity index (χ0) is 43.2. The molecule has 0 aromatic carbocycles. The highest BCUT2D eigenvalue weighted by atomic mass is 31.2. The number of aliphatic hydroxyl groups excluding tert-OH is 2. The Labute approximate surface area is 363 Å². The van der Waals surface area contributed by atoms with Crippen molar-refractivity contribution >= 4 is 13.8 Å². The monoisotopic (exact) mass is 857 g/mol. The van der Waals surface area contributed by atoms with E-state index in [-0.39, 0.29) is 25.6 Å². The largest absolute Gasteiger partial charge is 0.472 e. The molecule has 0 rings (SSSR count). The van der Waals surface area contributed by atoms with Crippen LogP contribution < -0.4 is 0 Å². The van der Waals surface area contributed by atoms with Crippen LogP contribution in [0.1, 0.15) is 226 Å². The van der Waals surface area contributed by atoms with Gasteiger partial charge in [0.2, 0.25) is 0 Å². The van der Waals surface area contributed by atoms with E-state index in [4.69, 9.17) is 23.6 Å². The molecule has 0 radical (unpaired) electrons. The molecule has 0 heterocycles. The number of aliphatic hydroxyl groups is 2. The van der Waals surface area contributed by atoms with Gasteiger partial charge in [-0.15, -0.1) is 0 Å². The number of hydrogen-bond acceptors (Lipinski definition) is 8. The van der Waals surface area contributed by atoms with Crippen LogP contribution in [0.4, 0.5) is 0 Å². The third-order valence-corrected chi connectivity index (χ3v) is 11.5. The zero-order valence-corrected chi connectivity index (χ0v) is 39.1. The predicted octanol–water partition coefficient (Wildman–Crippen LogP) is 14.0. The first-order valence-electron chi connectivity index (χ1n) is 24.5. The second-order valence-electron chi connectivity index (χ2n) is 16.5. The van der Waals surface area contributed by atoms with E-state index in [2.05, 4.69) is 50.3 Å². The number of phosphoric ester groups is 1. The van der Waals surface area contributed by atoms with Gasteiger partial charge < -0.3 is 24.6 Å². The Morgan fingerprint density at radius 2 is 0.915 bits per heavy atom. The highest BCUT2D eigenvalue weighted by Gasteiger charge is 2.26. The summed E-state index contributed by atoms with van der Waals surface area (Å²) in [4.78, 5) is 22.7. The summed E-state index contributed by atoms with van der Waals surface area (Å²) >= 11 is 0. The van der Waals surface area contributed by atoms with Crippen molar-refractivity contribution < 1.29 is 43.0 Å². The van der Waals surface area contributed by atoms with E-state index in [1.807, 2.05) is 0 Å². The average Bonchev–Trinajstić information content (AvgIpc) is 3.23. The number of unbranched alkanes of at least 4 members (excludes halogenated alkanes) is 27. The fraction of sp³-hybridized carbons (Fsp3) is 0.857. The number of carbonyl (C=O) groups excluding carboxylic acids is 1. The van der Waals surface area contributed by atoms with Crippen LogP contribution in [0.3, 0.4) is 0 Å². The number of carbonyl (C=O) groups is 1. The minimum atomic E-state index is -4.52. The molecule has 59 heavy (non-hydrogen) atoms. The normalized spacial score (nSPS) is 14.2. The Balaban J connectivity index is 4.08. The molecule has 0 aromatic heterocycles. The summed E-state index contributed by atoms with van der Waals surface area (Å²) in [7, 11) is -4.52. The average molecular weight is 857 g/mol. The molecule has 0 fully saturated rings.